The summed E-state index contributed by atoms with van der Waals surface area (Å²) >= 11 is 0. The van der Waals surface area contributed by atoms with E-state index >= 15 is 0 Å². The van der Waals surface area contributed by atoms with Crippen molar-refractivity contribution in [1.82, 2.24) is 14.9 Å². The molecule has 0 bridgehead atoms. The van der Waals surface area contributed by atoms with E-state index in [-0.39, 0.29) is 0 Å². The van der Waals surface area contributed by atoms with Crippen LogP contribution in [0.5, 0.6) is 0 Å². The lowest BCUT2D eigenvalue weighted by Gasteiger charge is -2.13. The molecule has 5 nitrogen and oxygen atoms in total. The number of likely N-dealkylation sites (tertiary alicyclic amines) is 1. The SMILES string of the molecule is CCN1CCC(CNc2ccnc(N)n2)C1. The molecule has 0 spiro atoms. The molecule has 2 heterocycles. The number of nitrogens with zero attached hydrogens (tertiary/aromatic N) is 3. The molecule has 1 saturated heterocycles. The number of anilines is 2. The highest BCUT2D eigenvalue weighted by molar-refractivity contribution is 5.37. The summed E-state index contributed by atoms with van der Waals surface area (Å²) in [6.45, 7) is 6.73. The normalized spacial score (nSPS) is 21.2. The van der Waals surface area contributed by atoms with Gasteiger partial charge in [0.2, 0.25) is 5.95 Å². The van der Waals surface area contributed by atoms with Gasteiger partial charge in [-0.05, 0) is 31.5 Å². The van der Waals surface area contributed by atoms with Gasteiger partial charge in [-0.1, -0.05) is 6.92 Å². The Balaban J connectivity index is 1.80. The van der Waals surface area contributed by atoms with Gasteiger partial charge in [0.05, 0.1) is 0 Å². The van der Waals surface area contributed by atoms with Crippen molar-refractivity contribution in [2.45, 2.75) is 13.3 Å². The zero-order chi connectivity index (χ0) is 11.4. The van der Waals surface area contributed by atoms with Gasteiger partial charge in [-0.2, -0.15) is 4.98 Å². The topological polar surface area (TPSA) is 67.1 Å². The molecule has 3 N–H and O–H groups in total. The summed E-state index contributed by atoms with van der Waals surface area (Å²) in [4.78, 5) is 10.5. The van der Waals surface area contributed by atoms with Crippen molar-refractivity contribution in [2.24, 2.45) is 5.92 Å². The van der Waals surface area contributed by atoms with Crippen LogP contribution in [0.25, 0.3) is 0 Å². The summed E-state index contributed by atoms with van der Waals surface area (Å²) in [6.07, 6.45) is 2.94. The number of hydrogen-bond acceptors (Lipinski definition) is 5. The minimum Gasteiger partial charge on any atom is -0.370 e. The van der Waals surface area contributed by atoms with Crippen LogP contribution in [0.15, 0.2) is 12.3 Å². The summed E-state index contributed by atoms with van der Waals surface area (Å²) in [6, 6.07) is 1.85. The van der Waals surface area contributed by atoms with E-state index in [0.717, 1.165) is 24.8 Å². The summed E-state index contributed by atoms with van der Waals surface area (Å²) in [5.74, 6) is 1.87. The third kappa shape index (κ3) is 2.82. The van der Waals surface area contributed by atoms with Gasteiger partial charge in [-0.3, -0.25) is 0 Å². The molecule has 0 radical (unpaired) electrons. The first-order valence-electron chi connectivity index (χ1n) is 5.82. The predicted molar refractivity (Wildman–Crippen MR) is 65.2 cm³/mol. The van der Waals surface area contributed by atoms with Crippen LogP contribution in [0.4, 0.5) is 11.8 Å². The van der Waals surface area contributed by atoms with Crippen LogP contribution in [0, 0.1) is 5.92 Å². The van der Waals surface area contributed by atoms with Crippen molar-refractivity contribution in [1.29, 1.82) is 0 Å². The van der Waals surface area contributed by atoms with E-state index in [2.05, 4.69) is 27.1 Å². The highest BCUT2D eigenvalue weighted by atomic mass is 15.1. The average Bonchev–Trinajstić information content (AvgIpc) is 2.74. The molecule has 16 heavy (non-hydrogen) atoms. The highest BCUT2D eigenvalue weighted by Crippen LogP contribution is 2.16. The Labute approximate surface area is 96.1 Å². The van der Waals surface area contributed by atoms with Crippen molar-refractivity contribution < 1.29 is 0 Å². The van der Waals surface area contributed by atoms with Crippen molar-refractivity contribution >= 4 is 11.8 Å². The summed E-state index contributed by atoms with van der Waals surface area (Å²) < 4.78 is 0. The molecule has 1 atom stereocenters. The van der Waals surface area contributed by atoms with E-state index in [1.165, 1.54) is 19.5 Å². The average molecular weight is 221 g/mol. The lowest BCUT2D eigenvalue weighted by atomic mass is 10.1. The Morgan fingerprint density at radius 2 is 2.50 bits per heavy atom. The summed E-state index contributed by atoms with van der Waals surface area (Å²) in [7, 11) is 0. The molecule has 88 valence electrons. The molecule has 0 aromatic carbocycles. The lowest BCUT2D eigenvalue weighted by Crippen LogP contribution is -2.22. The second kappa shape index (κ2) is 5.12. The van der Waals surface area contributed by atoms with Crippen LogP contribution in [-0.2, 0) is 0 Å². The molecule has 5 heteroatoms. The Morgan fingerprint density at radius 3 is 3.19 bits per heavy atom. The Kier molecular flexibility index (Phi) is 3.56. The third-order valence-electron chi connectivity index (χ3n) is 3.06. The van der Waals surface area contributed by atoms with E-state index in [4.69, 9.17) is 5.73 Å². The molecular formula is C11H19N5. The third-order valence-corrected chi connectivity index (χ3v) is 3.06. The highest BCUT2D eigenvalue weighted by Gasteiger charge is 2.20. The second-order valence-corrected chi connectivity index (χ2v) is 4.23. The maximum Gasteiger partial charge on any atom is 0.221 e. The van der Waals surface area contributed by atoms with E-state index in [9.17, 15) is 0 Å². The fraction of sp³-hybridized carbons (Fsp3) is 0.636. The second-order valence-electron chi connectivity index (χ2n) is 4.23. The Hall–Kier alpha value is -1.36. The number of rotatable bonds is 4. The standard InChI is InChI=1S/C11H19N5/c1-2-16-6-4-9(8-16)7-14-10-3-5-13-11(12)15-10/h3,5,9H,2,4,6-8H2,1H3,(H3,12,13,14,15). The zero-order valence-electron chi connectivity index (χ0n) is 9.69. The number of nitrogens with one attached hydrogen (secondary N) is 1. The maximum absolute atomic E-state index is 5.52. The largest absolute Gasteiger partial charge is 0.370 e. The molecule has 0 amide bonds. The van der Waals surface area contributed by atoms with Gasteiger partial charge in [0.15, 0.2) is 0 Å². The Bertz CT molecular complexity index is 341. The van der Waals surface area contributed by atoms with Crippen LogP contribution in [0.3, 0.4) is 0 Å². The van der Waals surface area contributed by atoms with E-state index in [1.807, 2.05) is 6.07 Å². The van der Waals surface area contributed by atoms with E-state index < -0.39 is 0 Å². The van der Waals surface area contributed by atoms with E-state index in [1.54, 1.807) is 6.20 Å². The Morgan fingerprint density at radius 1 is 1.62 bits per heavy atom. The summed E-state index contributed by atoms with van der Waals surface area (Å²) in [5.41, 5.74) is 5.52. The first-order valence-corrected chi connectivity index (χ1v) is 5.82. The molecule has 1 unspecified atom stereocenters. The van der Waals surface area contributed by atoms with Gasteiger partial charge in [0.1, 0.15) is 5.82 Å². The molecule has 1 aliphatic rings. The minimum atomic E-state index is 0.326. The van der Waals surface area contributed by atoms with Crippen LogP contribution < -0.4 is 11.1 Å². The van der Waals surface area contributed by atoms with E-state index in [0.29, 0.717) is 5.95 Å². The van der Waals surface area contributed by atoms with Gasteiger partial charge in [0.25, 0.3) is 0 Å². The first-order chi connectivity index (χ1) is 7.78. The van der Waals surface area contributed by atoms with Gasteiger partial charge in [-0.25, -0.2) is 4.98 Å². The van der Waals surface area contributed by atoms with Gasteiger partial charge in [-0.15, -0.1) is 0 Å². The molecule has 0 saturated carbocycles. The molecular weight excluding hydrogens is 202 g/mol. The first kappa shape index (κ1) is 11.1. The molecule has 1 fully saturated rings. The molecule has 1 aliphatic heterocycles. The fourth-order valence-corrected chi connectivity index (χ4v) is 2.09. The van der Waals surface area contributed by atoms with Gasteiger partial charge < -0.3 is 16.0 Å². The van der Waals surface area contributed by atoms with Gasteiger partial charge >= 0.3 is 0 Å². The molecule has 0 aliphatic carbocycles. The summed E-state index contributed by atoms with van der Waals surface area (Å²) in [5, 5.41) is 3.31. The minimum absolute atomic E-state index is 0.326. The van der Waals surface area contributed by atoms with Crippen LogP contribution in [0.1, 0.15) is 13.3 Å². The number of hydrogen-bond donors (Lipinski definition) is 2. The zero-order valence-corrected chi connectivity index (χ0v) is 9.69. The lowest BCUT2D eigenvalue weighted by molar-refractivity contribution is 0.345. The maximum atomic E-state index is 5.52. The van der Waals surface area contributed by atoms with Crippen molar-refractivity contribution in [3.63, 3.8) is 0 Å². The van der Waals surface area contributed by atoms with Crippen LogP contribution in [0.2, 0.25) is 0 Å². The quantitative estimate of drug-likeness (QED) is 0.787. The monoisotopic (exact) mass is 221 g/mol. The fourth-order valence-electron chi connectivity index (χ4n) is 2.09. The number of nitrogen functional groups attached to an aromatic ring is 1. The van der Waals surface area contributed by atoms with Gasteiger partial charge in [0, 0.05) is 19.3 Å². The predicted octanol–water partition coefficient (Wildman–Crippen LogP) is 0.812. The molecule has 2 rings (SSSR count). The smallest absolute Gasteiger partial charge is 0.221 e. The number of aromatic nitrogens is 2. The van der Waals surface area contributed by atoms with Crippen LogP contribution in [-0.4, -0.2) is 41.0 Å². The number of nitrogens with two attached hydrogens (primary N) is 1. The van der Waals surface area contributed by atoms with Crippen LogP contribution >= 0.6 is 0 Å². The molecule has 1 aromatic rings. The molecule has 1 aromatic heterocycles. The van der Waals surface area contributed by atoms with Crippen molar-refractivity contribution in [3.8, 4) is 0 Å². The van der Waals surface area contributed by atoms with Crippen molar-refractivity contribution in [2.75, 3.05) is 37.2 Å². The van der Waals surface area contributed by atoms with Crippen molar-refractivity contribution in [3.05, 3.63) is 12.3 Å².